The van der Waals surface area contributed by atoms with Crippen LogP contribution in [0.2, 0.25) is 0 Å². The molecule has 4 rings (SSSR count). The largest absolute Gasteiger partial charge is 0.348 e. The van der Waals surface area contributed by atoms with E-state index in [0.717, 1.165) is 52.5 Å². The van der Waals surface area contributed by atoms with Crippen molar-refractivity contribution in [3.05, 3.63) is 83.0 Å². The van der Waals surface area contributed by atoms with Crippen LogP contribution in [0.1, 0.15) is 23.3 Å². The van der Waals surface area contributed by atoms with Crippen LogP contribution in [-0.2, 0) is 11.3 Å². The molecule has 32 heavy (non-hydrogen) atoms. The van der Waals surface area contributed by atoms with Gasteiger partial charge < -0.3 is 15.5 Å². The standard InChI is InChI=1S/C25H24FN3O2S/c26-20-8-6-19(7-9-20)23-12-10-22(32-23)11-13-24(30)27-17-18-4-3-5-21(16-18)28-25(31)29-14-1-2-15-29/h3-13,16H,1-2,14-15,17H2,(H,27,30)(H,28,31)/b13-11+. The molecular formula is C25H24FN3O2S. The molecule has 0 atom stereocenters. The van der Waals surface area contributed by atoms with E-state index in [1.165, 1.54) is 29.5 Å². The summed E-state index contributed by atoms with van der Waals surface area (Å²) in [6, 6.07) is 17.6. The second-order valence-corrected chi connectivity index (χ2v) is 8.70. The fourth-order valence-electron chi connectivity index (χ4n) is 3.50. The summed E-state index contributed by atoms with van der Waals surface area (Å²) in [5, 5.41) is 5.78. The minimum absolute atomic E-state index is 0.0810. The van der Waals surface area contributed by atoms with Gasteiger partial charge in [-0.25, -0.2) is 9.18 Å². The van der Waals surface area contributed by atoms with Gasteiger partial charge in [0, 0.05) is 41.2 Å². The van der Waals surface area contributed by atoms with Crippen molar-refractivity contribution in [2.45, 2.75) is 19.4 Å². The minimum Gasteiger partial charge on any atom is -0.348 e. The molecule has 5 nitrogen and oxygen atoms in total. The number of nitrogens with zero attached hydrogens (tertiary/aromatic N) is 1. The highest BCUT2D eigenvalue weighted by atomic mass is 32.1. The summed E-state index contributed by atoms with van der Waals surface area (Å²) in [7, 11) is 0. The molecule has 1 saturated heterocycles. The number of rotatable bonds is 6. The molecule has 1 aromatic heterocycles. The third kappa shape index (κ3) is 5.82. The Bertz CT molecular complexity index is 1120. The van der Waals surface area contributed by atoms with Crippen molar-refractivity contribution < 1.29 is 14.0 Å². The third-order valence-electron chi connectivity index (χ3n) is 5.19. The summed E-state index contributed by atoms with van der Waals surface area (Å²) in [6.45, 7) is 1.95. The highest BCUT2D eigenvalue weighted by Crippen LogP contribution is 2.28. The number of anilines is 1. The van der Waals surface area contributed by atoms with Gasteiger partial charge in [-0.15, -0.1) is 11.3 Å². The van der Waals surface area contributed by atoms with Crippen molar-refractivity contribution in [1.82, 2.24) is 10.2 Å². The number of hydrogen-bond acceptors (Lipinski definition) is 3. The lowest BCUT2D eigenvalue weighted by molar-refractivity contribution is -0.116. The number of halogens is 1. The van der Waals surface area contributed by atoms with Crippen LogP contribution in [0.25, 0.3) is 16.5 Å². The maximum Gasteiger partial charge on any atom is 0.321 e. The van der Waals surface area contributed by atoms with Crippen LogP contribution < -0.4 is 10.6 Å². The molecule has 0 aliphatic carbocycles. The van der Waals surface area contributed by atoms with Gasteiger partial charge in [0.15, 0.2) is 0 Å². The number of thiophene rings is 1. The van der Waals surface area contributed by atoms with E-state index >= 15 is 0 Å². The Morgan fingerprint density at radius 3 is 2.59 bits per heavy atom. The lowest BCUT2D eigenvalue weighted by atomic mass is 10.2. The molecule has 164 valence electrons. The molecule has 0 saturated carbocycles. The van der Waals surface area contributed by atoms with Gasteiger partial charge in [-0.05, 0) is 66.4 Å². The van der Waals surface area contributed by atoms with Gasteiger partial charge in [0.25, 0.3) is 0 Å². The third-order valence-corrected chi connectivity index (χ3v) is 6.29. The number of carbonyl (C=O) groups excluding carboxylic acids is 2. The number of carbonyl (C=O) groups is 2. The average molecular weight is 450 g/mol. The van der Waals surface area contributed by atoms with Crippen molar-refractivity contribution in [2.24, 2.45) is 0 Å². The summed E-state index contributed by atoms with van der Waals surface area (Å²) in [4.78, 5) is 28.2. The first kappa shape index (κ1) is 21.8. The molecule has 1 fully saturated rings. The van der Waals surface area contributed by atoms with E-state index in [0.29, 0.717) is 6.54 Å². The minimum atomic E-state index is -0.262. The Kier molecular flexibility index (Phi) is 6.97. The van der Waals surface area contributed by atoms with E-state index in [1.807, 2.05) is 41.3 Å². The predicted octanol–water partition coefficient (Wildman–Crippen LogP) is 5.51. The van der Waals surface area contributed by atoms with E-state index in [9.17, 15) is 14.0 Å². The van der Waals surface area contributed by atoms with E-state index in [1.54, 1.807) is 18.2 Å². The highest BCUT2D eigenvalue weighted by Gasteiger charge is 2.17. The van der Waals surface area contributed by atoms with Gasteiger partial charge in [-0.2, -0.15) is 0 Å². The van der Waals surface area contributed by atoms with Crippen LogP contribution in [-0.4, -0.2) is 29.9 Å². The zero-order chi connectivity index (χ0) is 22.3. The predicted molar refractivity (Wildman–Crippen MR) is 127 cm³/mol. The average Bonchev–Trinajstić information content (AvgIpc) is 3.50. The van der Waals surface area contributed by atoms with Crippen LogP contribution in [0, 0.1) is 5.82 Å². The monoisotopic (exact) mass is 449 g/mol. The van der Waals surface area contributed by atoms with E-state index < -0.39 is 0 Å². The van der Waals surface area contributed by atoms with Crippen LogP contribution in [0.15, 0.2) is 66.7 Å². The van der Waals surface area contributed by atoms with E-state index in [2.05, 4.69) is 10.6 Å². The molecule has 0 unspecified atom stereocenters. The van der Waals surface area contributed by atoms with E-state index in [-0.39, 0.29) is 17.8 Å². The highest BCUT2D eigenvalue weighted by molar-refractivity contribution is 7.16. The van der Waals surface area contributed by atoms with Crippen LogP contribution in [0.3, 0.4) is 0 Å². The summed E-state index contributed by atoms with van der Waals surface area (Å²) < 4.78 is 13.1. The quantitative estimate of drug-likeness (QED) is 0.488. The van der Waals surface area contributed by atoms with Gasteiger partial charge in [-0.1, -0.05) is 24.3 Å². The van der Waals surface area contributed by atoms with Crippen molar-refractivity contribution >= 4 is 35.0 Å². The summed E-state index contributed by atoms with van der Waals surface area (Å²) in [5.41, 5.74) is 2.56. The molecule has 2 aromatic carbocycles. The van der Waals surface area contributed by atoms with Gasteiger partial charge in [0.1, 0.15) is 5.82 Å². The summed E-state index contributed by atoms with van der Waals surface area (Å²) >= 11 is 1.53. The fourth-order valence-corrected chi connectivity index (χ4v) is 4.42. The zero-order valence-corrected chi connectivity index (χ0v) is 18.3. The number of urea groups is 1. The van der Waals surface area contributed by atoms with E-state index in [4.69, 9.17) is 0 Å². The first-order chi connectivity index (χ1) is 15.6. The van der Waals surface area contributed by atoms with Gasteiger partial charge >= 0.3 is 6.03 Å². The molecule has 0 radical (unpaired) electrons. The molecule has 2 heterocycles. The molecule has 0 spiro atoms. The first-order valence-corrected chi connectivity index (χ1v) is 11.3. The maximum absolute atomic E-state index is 13.1. The number of benzene rings is 2. The molecule has 2 N–H and O–H groups in total. The molecule has 7 heteroatoms. The van der Waals surface area contributed by atoms with Crippen molar-refractivity contribution in [2.75, 3.05) is 18.4 Å². The van der Waals surface area contributed by atoms with Crippen LogP contribution in [0.5, 0.6) is 0 Å². The normalized spacial score (nSPS) is 13.5. The van der Waals surface area contributed by atoms with Crippen LogP contribution in [0.4, 0.5) is 14.9 Å². The summed E-state index contributed by atoms with van der Waals surface area (Å²) in [5.74, 6) is -0.463. The Labute approximate surface area is 190 Å². The molecular weight excluding hydrogens is 425 g/mol. The lowest BCUT2D eigenvalue weighted by Gasteiger charge is -2.16. The lowest BCUT2D eigenvalue weighted by Crippen LogP contribution is -2.32. The van der Waals surface area contributed by atoms with Gasteiger partial charge in [0.2, 0.25) is 5.91 Å². The molecule has 1 aliphatic rings. The maximum atomic E-state index is 13.1. The molecule has 0 bridgehead atoms. The number of likely N-dealkylation sites (tertiary alicyclic amines) is 1. The van der Waals surface area contributed by atoms with Gasteiger partial charge in [-0.3, -0.25) is 4.79 Å². The van der Waals surface area contributed by atoms with Crippen molar-refractivity contribution in [3.8, 4) is 10.4 Å². The first-order valence-electron chi connectivity index (χ1n) is 10.5. The molecule has 3 amide bonds. The Hall–Kier alpha value is -3.45. The van der Waals surface area contributed by atoms with Crippen molar-refractivity contribution in [3.63, 3.8) is 0 Å². The second kappa shape index (κ2) is 10.2. The summed E-state index contributed by atoms with van der Waals surface area (Å²) in [6.07, 6.45) is 5.36. The number of hydrogen-bond donors (Lipinski definition) is 2. The van der Waals surface area contributed by atoms with Crippen molar-refractivity contribution in [1.29, 1.82) is 0 Å². The number of amides is 3. The number of nitrogens with one attached hydrogen (secondary N) is 2. The fraction of sp³-hybridized carbons (Fsp3) is 0.200. The van der Waals surface area contributed by atoms with Gasteiger partial charge in [0.05, 0.1) is 0 Å². The van der Waals surface area contributed by atoms with Crippen LogP contribution >= 0.6 is 11.3 Å². The second-order valence-electron chi connectivity index (χ2n) is 7.58. The zero-order valence-electron chi connectivity index (χ0n) is 17.5. The Morgan fingerprint density at radius 2 is 1.81 bits per heavy atom. The molecule has 1 aliphatic heterocycles. The SMILES string of the molecule is O=C(/C=C/c1ccc(-c2ccc(F)cc2)s1)NCc1cccc(NC(=O)N2CCCC2)c1. The topological polar surface area (TPSA) is 61.4 Å². The molecule has 3 aromatic rings. The Balaban J connectivity index is 1.29. The Morgan fingerprint density at radius 1 is 1.03 bits per heavy atom. The smallest absolute Gasteiger partial charge is 0.321 e.